The molecule has 3 aromatic heterocycles. The maximum absolute atomic E-state index is 13.5. The number of benzene rings is 4. The number of carboxylic acids is 2. The van der Waals surface area contributed by atoms with Crippen LogP contribution in [0.25, 0.3) is 90.9 Å². The summed E-state index contributed by atoms with van der Waals surface area (Å²) in [6.07, 6.45) is 7.85. The molecule has 0 unspecified atom stereocenters. The minimum absolute atomic E-state index is 0. The van der Waals surface area contributed by atoms with Gasteiger partial charge in [0.05, 0.1) is 41.0 Å². The fourth-order valence-corrected chi connectivity index (χ4v) is 8.03. The molecule has 3 N–H and O–H groups in total. The van der Waals surface area contributed by atoms with Crippen molar-refractivity contribution in [1.82, 2.24) is 24.8 Å². The Balaban J connectivity index is 0.00000306. The maximum Gasteiger partial charge on any atom is 1.00 e. The van der Waals surface area contributed by atoms with E-state index in [1.54, 1.807) is 12.1 Å². The summed E-state index contributed by atoms with van der Waals surface area (Å²) in [7, 11) is 0. The maximum atomic E-state index is 13.5. The third-order valence-corrected chi connectivity index (χ3v) is 10.7. The van der Waals surface area contributed by atoms with Crippen molar-refractivity contribution in [2.45, 2.75) is 6.42 Å². The Morgan fingerprint density at radius 3 is 1.34 bits per heavy atom. The first-order chi connectivity index (χ1) is 30.3. The van der Waals surface area contributed by atoms with E-state index in [0.717, 1.165) is 71.9 Å². The summed E-state index contributed by atoms with van der Waals surface area (Å²) < 4.78 is 0. The molecule has 13 heteroatoms. The van der Waals surface area contributed by atoms with E-state index in [4.69, 9.17) is 9.97 Å². The van der Waals surface area contributed by atoms with Crippen molar-refractivity contribution in [2.24, 2.45) is 4.99 Å². The summed E-state index contributed by atoms with van der Waals surface area (Å²) in [5.41, 5.74) is 13.6. The van der Waals surface area contributed by atoms with Gasteiger partial charge in [-0.1, -0.05) is 109 Å². The predicted molar refractivity (Wildman–Crippen MR) is 241 cm³/mol. The largest absolute Gasteiger partial charge is 1.00 e. The van der Waals surface area contributed by atoms with Crippen molar-refractivity contribution in [1.29, 1.82) is 0 Å². The fraction of sp³-hybridized carbons (Fsp3) is 0.0784. The number of aromatic amines is 2. The van der Waals surface area contributed by atoms with Crippen LogP contribution in [0.15, 0.2) is 145 Å². The van der Waals surface area contributed by atoms with Crippen molar-refractivity contribution < 1.29 is 84.0 Å². The molecule has 0 fully saturated rings. The van der Waals surface area contributed by atoms with Crippen LogP contribution in [0.5, 0.6) is 0 Å². The number of aromatic nitrogens is 4. The molecule has 0 amide bonds. The first kappa shape index (κ1) is 45.9. The van der Waals surface area contributed by atoms with Crippen LogP contribution >= 0.6 is 0 Å². The van der Waals surface area contributed by atoms with Gasteiger partial charge in [-0.05, 0) is 83.6 Å². The topological polar surface area (TPSA) is 173 Å². The molecule has 9 rings (SSSR count). The zero-order valence-corrected chi connectivity index (χ0v) is 39.3. The van der Waals surface area contributed by atoms with Crippen LogP contribution in [0.3, 0.4) is 0 Å². The second-order valence-corrected chi connectivity index (χ2v) is 14.8. The second-order valence-electron chi connectivity index (χ2n) is 14.8. The number of carbonyl (C=O) groups excluding carboxylic acids is 1. The Kier molecular flexibility index (Phi) is 14.7. The molecule has 7 aromatic rings. The summed E-state index contributed by atoms with van der Waals surface area (Å²) in [4.78, 5) is 46.5. The first-order valence-electron chi connectivity index (χ1n) is 20.1. The fourth-order valence-electron chi connectivity index (χ4n) is 8.03. The van der Waals surface area contributed by atoms with Gasteiger partial charge in [0.2, 0.25) is 0 Å². The number of H-pyrrole nitrogens is 2. The van der Waals surface area contributed by atoms with E-state index in [-0.39, 0.29) is 72.1 Å². The third kappa shape index (κ3) is 9.97. The summed E-state index contributed by atoms with van der Waals surface area (Å²) in [6.45, 7) is -1.32. The number of nitrogens with one attached hydrogen (secondary N) is 2. The minimum Gasteiger partial charge on any atom is -0.862 e. The van der Waals surface area contributed by atoms with Gasteiger partial charge in [-0.25, -0.2) is 9.97 Å². The van der Waals surface area contributed by atoms with Crippen molar-refractivity contribution in [3.8, 4) is 44.5 Å². The van der Waals surface area contributed by atoms with Crippen molar-refractivity contribution in [3.05, 3.63) is 162 Å². The van der Waals surface area contributed by atoms with Gasteiger partial charge in [0.25, 0.3) is 0 Å². The second kappa shape index (κ2) is 20.6. The van der Waals surface area contributed by atoms with E-state index >= 15 is 0 Å². The predicted octanol–water partition coefficient (Wildman–Crippen LogP) is 2.25. The van der Waals surface area contributed by atoms with E-state index < -0.39 is 30.9 Å². The molecule has 5 heterocycles. The monoisotopic (exact) mass is 860 g/mol. The third-order valence-electron chi connectivity index (χ3n) is 10.7. The van der Waals surface area contributed by atoms with Crippen LogP contribution in [-0.2, 0) is 9.59 Å². The number of hydrogen-bond acceptors (Lipinski definition) is 8. The molecule has 0 radical (unpaired) electrons. The first-order valence-corrected chi connectivity index (χ1v) is 20.1. The van der Waals surface area contributed by atoms with E-state index in [9.17, 15) is 24.9 Å². The van der Waals surface area contributed by atoms with Gasteiger partial charge in [-0.3, -0.25) is 14.7 Å². The van der Waals surface area contributed by atoms with Crippen LogP contribution in [0, 0.1) is 0 Å². The number of aliphatic imine (C=N–C) groups is 1. The number of aliphatic carboxylic acids is 2. The molecular formula is C51H38N6Na2O5. The average Bonchev–Trinajstić information content (AvgIpc) is 4.13. The Hall–Kier alpha value is -6.15. The Morgan fingerprint density at radius 1 is 0.531 bits per heavy atom. The van der Waals surface area contributed by atoms with E-state index in [0.29, 0.717) is 28.0 Å². The van der Waals surface area contributed by atoms with Gasteiger partial charge in [0.15, 0.2) is 0 Å². The molecule has 11 nitrogen and oxygen atoms in total. The molecule has 0 aliphatic carbocycles. The number of nitrogens with zero attached hydrogens (tertiary/aromatic N) is 4. The number of para-hydroxylation sites is 1. The molecule has 8 bridgehead atoms. The molecule has 2 aliphatic rings. The molecule has 4 aromatic carbocycles. The van der Waals surface area contributed by atoms with Gasteiger partial charge in [0.1, 0.15) is 0 Å². The van der Waals surface area contributed by atoms with Gasteiger partial charge in [-0.15, -0.1) is 0 Å². The van der Waals surface area contributed by atoms with Gasteiger partial charge < -0.3 is 30.1 Å². The molecule has 0 atom stereocenters. The van der Waals surface area contributed by atoms with E-state index in [1.807, 2.05) is 97.1 Å². The zero-order valence-electron chi connectivity index (χ0n) is 35.3. The molecular weight excluding hydrogens is 823 g/mol. The Labute approximate surface area is 413 Å². The summed E-state index contributed by atoms with van der Waals surface area (Å²) in [5, 5.41) is 34.1. The van der Waals surface area contributed by atoms with Crippen LogP contribution in [0.2, 0.25) is 0 Å². The number of carbonyl (C=O) groups is 2. The van der Waals surface area contributed by atoms with Crippen molar-refractivity contribution in [2.75, 3.05) is 19.6 Å². The Morgan fingerprint density at radius 2 is 0.922 bits per heavy atom. The van der Waals surface area contributed by atoms with Crippen molar-refractivity contribution >= 4 is 69.9 Å². The Bertz CT molecular complexity index is 3060. The normalized spacial score (nSPS) is 11.9. The summed E-state index contributed by atoms with van der Waals surface area (Å²) in [5.74, 6) is -3.20. The average molecular weight is 861 g/mol. The van der Waals surface area contributed by atoms with Gasteiger partial charge in [0, 0.05) is 63.0 Å². The molecule has 0 saturated heterocycles. The van der Waals surface area contributed by atoms with E-state index in [1.165, 1.54) is 0 Å². The standard InChI is InChI=1S/C51H40N6O5.2Na/c58-45(28-29-57(30-46(59)60)31-47(61)62)56-36-19-11-10-18-35(36)51-43-26-24-41(54-43)49(33-14-6-2-7-15-33)39-22-20-37(52-39)48(32-12-4-1-5-13-32)38-21-23-40(53-38)50(34-16-8-3-9-17-34)42-25-27-44(51)55-42;;/h1-27,52,55H,28-31H2,(H,56,58)(H,59,60)(H,61,62);;/q;2*+1/p-2. The van der Waals surface area contributed by atoms with E-state index in [2.05, 4.69) is 69.6 Å². The molecule has 0 spiro atoms. The SMILES string of the molecule is O=C([O-])CN(CCC([O-])=Nc1ccccc1-c1c2nc(c(-c3ccccc3)c3ccc([nH]3)c(-c3ccccc3)c3nc(c(-c4ccccc4)c4ccc1[nH]4)C=C3)C=C2)CC(=O)O.[Na+].[Na+]. The summed E-state index contributed by atoms with van der Waals surface area (Å²) >= 11 is 0. The number of rotatable bonds is 12. The van der Waals surface area contributed by atoms with Crippen LogP contribution in [0.4, 0.5) is 5.69 Å². The number of hydrogen-bond donors (Lipinski definition) is 3. The zero-order chi connectivity index (χ0) is 42.6. The van der Waals surface area contributed by atoms with Crippen LogP contribution in [-0.4, -0.2) is 67.4 Å². The van der Waals surface area contributed by atoms with Gasteiger partial charge >= 0.3 is 65.1 Å². The molecule has 64 heavy (non-hydrogen) atoms. The van der Waals surface area contributed by atoms with Gasteiger partial charge in [-0.2, -0.15) is 0 Å². The minimum atomic E-state index is -1.44. The summed E-state index contributed by atoms with van der Waals surface area (Å²) in [6, 6.07) is 45.9. The smallest absolute Gasteiger partial charge is 0.862 e. The van der Waals surface area contributed by atoms with Crippen LogP contribution in [0.1, 0.15) is 29.2 Å². The quantitative estimate of drug-likeness (QED) is 0.0954. The van der Waals surface area contributed by atoms with Crippen LogP contribution < -0.4 is 69.3 Å². The number of fused-ring (bicyclic) bond motifs is 8. The molecule has 2 aliphatic heterocycles. The number of carboxylic acid groups (broad SMARTS) is 2. The van der Waals surface area contributed by atoms with Crippen molar-refractivity contribution in [3.63, 3.8) is 0 Å². The molecule has 304 valence electrons. The molecule has 0 saturated carbocycles.